The molecule has 94 valence electrons. The van der Waals surface area contributed by atoms with Crippen LogP contribution in [0.5, 0.6) is 0 Å². The lowest BCUT2D eigenvalue weighted by Gasteiger charge is -2.08. The van der Waals surface area contributed by atoms with Crippen LogP contribution in [0.25, 0.3) is 11.1 Å². The molecule has 0 radical (unpaired) electrons. The van der Waals surface area contributed by atoms with E-state index in [9.17, 15) is 18.0 Å². The third kappa shape index (κ3) is 2.13. The van der Waals surface area contributed by atoms with E-state index in [1.807, 2.05) is 0 Å². The third-order valence-corrected chi connectivity index (χ3v) is 2.60. The van der Waals surface area contributed by atoms with Crippen LogP contribution >= 0.6 is 0 Å². The molecule has 0 spiro atoms. The van der Waals surface area contributed by atoms with Crippen LogP contribution in [0.3, 0.4) is 0 Å². The van der Waals surface area contributed by atoms with Gasteiger partial charge >= 0.3 is 6.18 Å². The van der Waals surface area contributed by atoms with Gasteiger partial charge in [0.05, 0.1) is 11.8 Å². The van der Waals surface area contributed by atoms with Gasteiger partial charge in [-0.3, -0.25) is 9.48 Å². The zero-order valence-electron chi connectivity index (χ0n) is 9.40. The van der Waals surface area contributed by atoms with Gasteiger partial charge in [0.1, 0.15) is 5.69 Å². The average molecular weight is 254 g/mol. The number of aromatic nitrogens is 2. The lowest BCUT2D eigenvalue weighted by Crippen LogP contribution is -2.04. The van der Waals surface area contributed by atoms with Crippen molar-refractivity contribution in [3.05, 3.63) is 41.7 Å². The van der Waals surface area contributed by atoms with E-state index in [0.29, 0.717) is 17.4 Å². The second kappa shape index (κ2) is 4.29. The first kappa shape index (κ1) is 12.3. The van der Waals surface area contributed by atoms with Crippen LogP contribution in [0.15, 0.2) is 30.5 Å². The van der Waals surface area contributed by atoms with Crippen LogP contribution in [0.1, 0.15) is 16.1 Å². The quantitative estimate of drug-likeness (QED) is 0.772. The number of hydrogen-bond acceptors (Lipinski definition) is 2. The largest absolute Gasteiger partial charge is 0.416 e. The normalized spacial score (nSPS) is 11.6. The van der Waals surface area contributed by atoms with Gasteiger partial charge in [0.25, 0.3) is 0 Å². The van der Waals surface area contributed by atoms with E-state index in [1.54, 1.807) is 7.05 Å². The highest BCUT2D eigenvalue weighted by Gasteiger charge is 2.30. The lowest BCUT2D eigenvalue weighted by molar-refractivity contribution is -0.137. The number of hydrogen-bond donors (Lipinski definition) is 0. The Morgan fingerprint density at radius 1 is 1.33 bits per heavy atom. The predicted molar refractivity (Wildman–Crippen MR) is 59.0 cm³/mol. The van der Waals surface area contributed by atoms with Crippen molar-refractivity contribution in [2.45, 2.75) is 6.18 Å². The zero-order valence-corrected chi connectivity index (χ0v) is 9.40. The van der Waals surface area contributed by atoms with Crippen molar-refractivity contribution in [3.63, 3.8) is 0 Å². The number of carbonyl (C=O) groups excluding carboxylic acids is 1. The highest BCUT2D eigenvalue weighted by Crippen LogP contribution is 2.32. The van der Waals surface area contributed by atoms with Gasteiger partial charge in [-0.05, 0) is 17.7 Å². The smallest absolute Gasteiger partial charge is 0.296 e. The van der Waals surface area contributed by atoms with Gasteiger partial charge in [-0.15, -0.1) is 0 Å². The molecule has 0 aliphatic rings. The topological polar surface area (TPSA) is 34.9 Å². The van der Waals surface area contributed by atoms with Crippen molar-refractivity contribution < 1.29 is 18.0 Å². The summed E-state index contributed by atoms with van der Waals surface area (Å²) in [6.45, 7) is 0. The molecule has 0 unspecified atom stereocenters. The number of carbonyl (C=O) groups is 1. The van der Waals surface area contributed by atoms with Crippen LogP contribution in [0.4, 0.5) is 13.2 Å². The molecule has 1 heterocycles. The maximum absolute atomic E-state index is 12.6. The summed E-state index contributed by atoms with van der Waals surface area (Å²) in [6.07, 6.45) is -2.46. The standard InChI is InChI=1S/C12H9F3N2O/c1-17-11(7-18)10(6-16-17)8-3-2-4-9(5-8)12(13,14)15/h2-7H,1H3. The fourth-order valence-electron chi connectivity index (χ4n) is 1.67. The van der Waals surface area contributed by atoms with Gasteiger partial charge < -0.3 is 0 Å². The Morgan fingerprint density at radius 3 is 2.67 bits per heavy atom. The number of aryl methyl sites for hydroxylation is 1. The molecule has 6 heteroatoms. The molecule has 18 heavy (non-hydrogen) atoms. The summed E-state index contributed by atoms with van der Waals surface area (Å²) in [5.41, 5.74) is 0.202. The maximum Gasteiger partial charge on any atom is 0.416 e. The third-order valence-electron chi connectivity index (χ3n) is 2.60. The Kier molecular flexibility index (Phi) is 2.94. The maximum atomic E-state index is 12.6. The molecule has 2 aromatic rings. The van der Waals surface area contributed by atoms with Crippen molar-refractivity contribution >= 4 is 6.29 Å². The van der Waals surface area contributed by atoms with E-state index in [2.05, 4.69) is 5.10 Å². The highest BCUT2D eigenvalue weighted by atomic mass is 19.4. The summed E-state index contributed by atoms with van der Waals surface area (Å²) in [5, 5.41) is 3.86. The molecular formula is C12H9F3N2O. The van der Waals surface area contributed by atoms with Crippen molar-refractivity contribution in [3.8, 4) is 11.1 Å². The molecule has 2 rings (SSSR count). The minimum atomic E-state index is -4.40. The minimum Gasteiger partial charge on any atom is -0.296 e. The van der Waals surface area contributed by atoms with E-state index in [1.165, 1.54) is 23.0 Å². The monoisotopic (exact) mass is 254 g/mol. The predicted octanol–water partition coefficient (Wildman–Crippen LogP) is 2.92. The van der Waals surface area contributed by atoms with Crippen molar-refractivity contribution in [1.29, 1.82) is 0 Å². The van der Waals surface area contributed by atoms with Gasteiger partial charge in [0.2, 0.25) is 0 Å². The molecular weight excluding hydrogens is 245 g/mol. The fraction of sp³-hybridized carbons (Fsp3) is 0.167. The second-order valence-electron chi connectivity index (χ2n) is 3.76. The zero-order chi connectivity index (χ0) is 13.3. The molecule has 0 amide bonds. The van der Waals surface area contributed by atoms with E-state index < -0.39 is 11.7 Å². The number of rotatable bonds is 2. The Bertz CT molecular complexity index is 587. The van der Waals surface area contributed by atoms with Crippen molar-refractivity contribution in [2.24, 2.45) is 7.05 Å². The summed E-state index contributed by atoms with van der Waals surface area (Å²) >= 11 is 0. The molecule has 0 saturated heterocycles. The molecule has 0 aliphatic heterocycles. The molecule has 0 atom stereocenters. The molecule has 3 nitrogen and oxygen atoms in total. The minimum absolute atomic E-state index is 0.245. The van der Waals surface area contributed by atoms with Gasteiger partial charge in [0, 0.05) is 12.6 Å². The number of aldehydes is 1. The first-order valence-electron chi connectivity index (χ1n) is 5.08. The van der Waals surface area contributed by atoms with Crippen molar-refractivity contribution in [2.75, 3.05) is 0 Å². The van der Waals surface area contributed by atoms with Gasteiger partial charge in [-0.25, -0.2) is 0 Å². The molecule has 0 fully saturated rings. The molecule has 1 aromatic carbocycles. The van der Waals surface area contributed by atoms with E-state index in [0.717, 1.165) is 12.1 Å². The summed E-state index contributed by atoms with van der Waals surface area (Å²) in [6, 6.07) is 4.81. The number of halogens is 3. The Hall–Kier alpha value is -2.11. The molecule has 1 aromatic heterocycles. The van der Waals surface area contributed by atoms with Crippen LogP contribution in [0.2, 0.25) is 0 Å². The second-order valence-corrected chi connectivity index (χ2v) is 3.76. The van der Waals surface area contributed by atoms with Crippen LogP contribution in [-0.4, -0.2) is 16.1 Å². The lowest BCUT2D eigenvalue weighted by atomic mass is 10.0. The Labute approximate surface area is 101 Å². The van der Waals surface area contributed by atoms with E-state index in [-0.39, 0.29) is 5.69 Å². The first-order valence-corrected chi connectivity index (χ1v) is 5.08. The summed E-state index contributed by atoms with van der Waals surface area (Å²) in [4.78, 5) is 10.9. The number of benzene rings is 1. The average Bonchev–Trinajstić information content (AvgIpc) is 2.69. The number of alkyl halides is 3. The Balaban J connectivity index is 2.55. The van der Waals surface area contributed by atoms with Crippen molar-refractivity contribution in [1.82, 2.24) is 9.78 Å². The summed E-state index contributed by atoms with van der Waals surface area (Å²) in [7, 11) is 1.56. The number of nitrogens with zero attached hydrogens (tertiary/aromatic N) is 2. The van der Waals surface area contributed by atoms with Crippen LogP contribution < -0.4 is 0 Å². The summed E-state index contributed by atoms with van der Waals surface area (Å²) < 4.78 is 39.1. The first-order chi connectivity index (χ1) is 8.43. The van der Waals surface area contributed by atoms with Crippen LogP contribution in [-0.2, 0) is 13.2 Å². The van der Waals surface area contributed by atoms with E-state index in [4.69, 9.17) is 0 Å². The van der Waals surface area contributed by atoms with Gasteiger partial charge in [0.15, 0.2) is 6.29 Å². The fourth-order valence-corrected chi connectivity index (χ4v) is 1.67. The SMILES string of the molecule is Cn1ncc(-c2cccc(C(F)(F)F)c2)c1C=O. The Morgan fingerprint density at radius 2 is 2.06 bits per heavy atom. The van der Waals surface area contributed by atoms with E-state index >= 15 is 0 Å². The molecule has 0 saturated carbocycles. The molecule has 0 aliphatic carbocycles. The molecule has 0 bridgehead atoms. The van der Waals surface area contributed by atoms with Gasteiger partial charge in [-0.2, -0.15) is 18.3 Å². The highest BCUT2D eigenvalue weighted by molar-refractivity contribution is 5.85. The van der Waals surface area contributed by atoms with Gasteiger partial charge in [-0.1, -0.05) is 12.1 Å². The van der Waals surface area contributed by atoms with Crippen LogP contribution in [0, 0.1) is 0 Å². The molecule has 0 N–H and O–H groups in total. The summed E-state index contributed by atoms with van der Waals surface area (Å²) in [5.74, 6) is 0.